The summed E-state index contributed by atoms with van der Waals surface area (Å²) in [6.07, 6.45) is 2.89. The maximum absolute atomic E-state index is 11.5. The highest BCUT2D eigenvalue weighted by molar-refractivity contribution is 5.89. The number of benzene rings is 2. The first-order chi connectivity index (χ1) is 15.1. The number of carbonyl (C=O) groups excluding carboxylic acids is 2. The highest BCUT2D eigenvalue weighted by Crippen LogP contribution is 2.16. The summed E-state index contributed by atoms with van der Waals surface area (Å²) in [5, 5.41) is 0. The molecule has 2 rings (SSSR count). The second kappa shape index (κ2) is 13.3. The number of rotatable bonds is 13. The van der Waals surface area contributed by atoms with Crippen molar-refractivity contribution in [2.24, 2.45) is 0 Å². The van der Waals surface area contributed by atoms with Gasteiger partial charge >= 0.3 is 11.9 Å². The highest BCUT2D eigenvalue weighted by atomic mass is 16.6. The van der Waals surface area contributed by atoms with Crippen LogP contribution < -0.4 is 9.47 Å². The molecule has 0 aromatic heterocycles. The molecule has 0 amide bonds. The third-order valence-electron chi connectivity index (χ3n) is 4.52. The fourth-order valence-electron chi connectivity index (χ4n) is 2.73. The zero-order valence-corrected chi connectivity index (χ0v) is 18.3. The summed E-state index contributed by atoms with van der Waals surface area (Å²) >= 11 is 0. The number of esters is 2. The Morgan fingerprint density at radius 1 is 0.742 bits per heavy atom. The fraction of sp³-hybridized carbons (Fsp3) is 0.417. The lowest BCUT2D eigenvalue weighted by atomic mass is 10.2. The Labute approximate surface area is 183 Å². The van der Waals surface area contributed by atoms with Crippen LogP contribution in [0.2, 0.25) is 0 Å². The van der Waals surface area contributed by atoms with Crippen molar-refractivity contribution in [3.63, 3.8) is 0 Å². The van der Waals surface area contributed by atoms with Gasteiger partial charge in [0.1, 0.15) is 30.8 Å². The lowest BCUT2D eigenvalue weighted by Gasteiger charge is -2.19. The zero-order valence-electron chi connectivity index (χ0n) is 18.3. The average molecular weight is 430 g/mol. The Morgan fingerprint density at radius 3 is 1.58 bits per heavy atom. The van der Waals surface area contributed by atoms with Gasteiger partial charge in [0.05, 0.1) is 25.3 Å². The summed E-state index contributed by atoms with van der Waals surface area (Å²) < 4.78 is 27.0. The molecule has 0 aliphatic carbocycles. The smallest absolute Gasteiger partial charge is 0.337 e. The van der Waals surface area contributed by atoms with E-state index in [4.69, 9.17) is 23.7 Å². The van der Waals surface area contributed by atoms with Crippen LogP contribution in [0, 0.1) is 0 Å². The molecule has 0 unspecified atom stereocenters. The van der Waals surface area contributed by atoms with Crippen LogP contribution in [0.4, 0.5) is 0 Å². The van der Waals surface area contributed by atoms with Gasteiger partial charge in [0.25, 0.3) is 0 Å². The van der Waals surface area contributed by atoms with E-state index < -0.39 is 11.9 Å². The molecular weight excluding hydrogens is 400 g/mol. The predicted molar refractivity (Wildman–Crippen MR) is 116 cm³/mol. The minimum absolute atomic E-state index is 0.280. The van der Waals surface area contributed by atoms with Gasteiger partial charge in [0, 0.05) is 6.61 Å². The van der Waals surface area contributed by atoms with Crippen LogP contribution in [-0.2, 0) is 14.2 Å². The molecule has 0 bridgehead atoms. The van der Waals surface area contributed by atoms with E-state index >= 15 is 0 Å². The van der Waals surface area contributed by atoms with Gasteiger partial charge in [-0.15, -0.1) is 0 Å². The molecule has 0 aliphatic heterocycles. The van der Waals surface area contributed by atoms with Crippen molar-refractivity contribution < 1.29 is 33.3 Å². The van der Waals surface area contributed by atoms with Crippen LogP contribution in [0.15, 0.2) is 48.5 Å². The zero-order chi connectivity index (χ0) is 22.5. The molecule has 168 valence electrons. The standard InChI is InChI=1S/C24H30O7/c1-4-5-6-15-29-22(16-30-20-11-7-18(8-12-20)23(25)27-2)17-31-21-13-9-19(10-14-21)24(26)28-3/h7-14,22H,4-6,15-17H2,1-3H3. The molecule has 0 N–H and O–H groups in total. The third-order valence-corrected chi connectivity index (χ3v) is 4.52. The van der Waals surface area contributed by atoms with Crippen LogP contribution in [0.5, 0.6) is 11.5 Å². The lowest BCUT2D eigenvalue weighted by molar-refractivity contribution is -0.00870. The second-order valence-corrected chi connectivity index (χ2v) is 6.85. The normalized spacial score (nSPS) is 10.6. The van der Waals surface area contributed by atoms with E-state index in [1.54, 1.807) is 48.5 Å². The van der Waals surface area contributed by atoms with E-state index in [9.17, 15) is 9.59 Å². The molecule has 0 saturated carbocycles. The minimum Gasteiger partial charge on any atom is -0.491 e. The SMILES string of the molecule is CCCCCOC(COc1ccc(C(=O)OC)cc1)COc1ccc(C(=O)OC)cc1. The van der Waals surface area contributed by atoms with Crippen molar-refractivity contribution in [2.45, 2.75) is 32.3 Å². The van der Waals surface area contributed by atoms with Crippen molar-refractivity contribution in [1.29, 1.82) is 0 Å². The summed E-state index contributed by atoms with van der Waals surface area (Å²) in [6, 6.07) is 13.5. The molecular formula is C24H30O7. The number of hydrogen-bond acceptors (Lipinski definition) is 7. The predicted octanol–water partition coefficient (Wildman–Crippen LogP) is 4.29. The first kappa shape index (κ1) is 24.2. The Kier molecular flexibility index (Phi) is 10.4. The van der Waals surface area contributed by atoms with Crippen LogP contribution in [0.3, 0.4) is 0 Å². The van der Waals surface area contributed by atoms with E-state index in [2.05, 4.69) is 6.92 Å². The van der Waals surface area contributed by atoms with E-state index in [0.717, 1.165) is 19.3 Å². The molecule has 0 fully saturated rings. The number of unbranched alkanes of at least 4 members (excludes halogenated alkanes) is 2. The Bertz CT molecular complexity index is 736. The summed E-state index contributed by atoms with van der Waals surface area (Å²) in [5.74, 6) is 0.458. The molecule has 2 aromatic carbocycles. The molecule has 0 saturated heterocycles. The first-order valence-corrected chi connectivity index (χ1v) is 10.3. The number of methoxy groups -OCH3 is 2. The molecule has 31 heavy (non-hydrogen) atoms. The largest absolute Gasteiger partial charge is 0.491 e. The van der Waals surface area contributed by atoms with Crippen LogP contribution in [0.1, 0.15) is 46.9 Å². The molecule has 2 aromatic rings. The molecule has 0 spiro atoms. The summed E-state index contributed by atoms with van der Waals surface area (Å²) in [4.78, 5) is 23.1. The topological polar surface area (TPSA) is 80.3 Å². The second-order valence-electron chi connectivity index (χ2n) is 6.85. The van der Waals surface area contributed by atoms with Gasteiger partial charge in [-0.3, -0.25) is 0 Å². The molecule has 7 nitrogen and oxygen atoms in total. The Balaban J connectivity index is 1.91. The van der Waals surface area contributed by atoms with Gasteiger partial charge < -0.3 is 23.7 Å². The Morgan fingerprint density at radius 2 is 1.19 bits per heavy atom. The van der Waals surface area contributed by atoms with Gasteiger partial charge in [0.15, 0.2) is 0 Å². The van der Waals surface area contributed by atoms with Crippen molar-refractivity contribution in [1.82, 2.24) is 0 Å². The van der Waals surface area contributed by atoms with Gasteiger partial charge in [-0.2, -0.15) is 0 Å². The third kappa shape index (κ3) is 8.30. The average Bonchev–Trinajstić information content (AvgIpc) is 2.82. The lowest BCUT2D eigenvalue weighted by Crippen LogP contribution is -2.29. The first-order valence-electron chi connectivity index (χ1n) is 10.3. The van der Waals surface area contributed by atoms with E-state index in [0.29, 0.717) is 42.4 Å². The molecule has 0 heterocycles. The van der Waals surface area contributed by atoms with Crippen molar-refractivity contribution in [3.05, 3.63) is 59.7 Å². The maximum Gasteiger partial charge on any atom is 0.337 e. The summed E-state index contributed by atoms with van der Waals surface area (Å²) in [5.41, 5.74) is 0.918. The Hall–Kier alpha value is -3.06. The van der Waals surface area contributed by atoms with Gasteiger partial charge in [-0.25, -0.2) is 9.59 Å². The molecule has 0 radical (unpaired) electrons. The highest BCUT2D eigenvalue weighted by Gasteiger charge is 2.13. The number of hydrogen-bond donors (Lipinski definition) is 0. The fourth-order valence-corrected chi connectivity index (χ4v) is 2.73. The van der Waals surface area contributed by atoms with E-state index in [-0.39, 0.29) is 6.10 Å². The maximum atomic E-state index is 11.5. The van der Waals surface area contributed by atoms with Crippen molar-refractivity contribution in [3.8, 4) is 11.5 Å². The van der Waals surface area contributed by atoms with Gasteiger partial charge in [0.2, 0.25) is 0 Å². The quantitative estimate of drug-likeness (QED) is 0.346. The molecule has 0 aliphatic rings. The van der Waals surface area contributed by atoms with Crippen LogP contribution in [0.25, 0.3) is 0 Å². The molecule has 7 heteroatoms. The van der Waals surface area contributed by atoms with Crippen molar-refractivity contribution in [2.75, 3.05) is 34.0 Å². The molecule has 0 atom stereocenters. The van der Waals surface area contributed by atoms with E-state index in [1.807, 2.05) is 0 Å². The summed E-state index contributed by atoms with van der Waals surface area (Å²) in [7, 11) is 2.69. The number of ether oxygens (including phenoxy) is 5. The summed E-state index contributed by atoms with van der Waals surface area (Å²) in [6.45, 7) is 3.35. The number of carbonyl (C=O) groups is 2. The van der Waals surface area contributed by atoms with Crippen LogP contribution in [-0.4, -0.2) is 52.1 Å². The van der Waals surface area contributed by atoms with E-state index in [1.165, 1.54) is 14.2 Å². The van der Waals surface area contributed by atoms with Crippen LogP contribution >= 0.6 is 0 Å². The van der Waals surface area contributed by atoms with Gasteiger partial charge in [-0.1, -0.05) is 19.8 Å². The van der Waals surface area contributed by atoms with Crippen molar-refractivity contribution >= 4 is 11.9 Å². The monoisotopic (exact) mass is 430 g/mol. The van der Waals surface area contributed by atoms with Gasteiger partial charge in [-0.05, 0) is 55.0 Å². The minimum atomic E-state index is -0.393.